The molecule has 0 N–H and O–H groups in total. The van der Waals surface area contributed by atoms with Crippen LogP contribution in [0.4, 0.5) is 21.0 Å². The Morgan fingerprint density at radius 2 is 1.48 bits per heavy atom. The Bertz CT molecular complexity index is 663. The zero-order valence-corrected chi connectivity index (χ0v) is 16.5. The van der Waals surface area contributed by atoms with E-state index in [2.05, 4.69) is 15.9 Å². The van der Waals surface area contributed by atoms with E-state index in [4.69, 9.17) is 9.47 Å². The maximum absolute atomic E-state index is 12.5. The molecule has 138 valence electrons. The fourth-order valence-corrected chi connectivity index (χ4v) is 2.22. The van der Waals surface area contributed by atoms with Gasteiger partial charge in [-0.2, -0.15) is 4.90 Å². The normalized spacial score (nSPS) is 11.6. The predicted molar refractivity (Wildman–Crippen MR) is 95.7 cm³/mol. The van der Waals surface area contributed by atoms with E-state index in [1.807, 2.05) is 0 Å². The molecule has 25 heavy (non-hydrogen) atoms. The number of anilines is 1. The van der Waals surface area contributed by atoms with Crippen LogP contribution >= 0.6 is 15.9 Å². The fourth-order valence-electron chi connectivity index (χ4n) is 1.68. The number of nitrogens with zero attached hydrogens (tertiary/aromatic N) is 2. The molecule has 0 aliphatic heterocycles. The molecular weight excluding hydrogens is 396 g/mol. The minimum absolute atomic E-state index is 0.0779. The van der Waals surface area contributed by atoms with Gasteiger partial charge in [0.15, 0.2) is 0 Å². The number of hydrogen-bond donors (Lipinski definition) is 0. The van der Waals surface area contributed by atoms with Gasteiger partial charge in [-0.15, -0.1) is 0 Å². The average Bonchev–Trinajstić information content (AvgIpc) is 2.36. The molecule has 1 aromatic rings. The van der Waals surface area contributed by atoms with Crippen LogP contribution in [0, 0.1) is 10.1 Å². The number of halogens is 1. The quantitative estimate of drug-likeness (QED) is 0.494. The van der Waals surface area contributed by atoms with Crippen LogP contribution < -0.4 is 4.90 Å². The first-order chi connectivity index (χ1) is 11.2. The summed E-state index contributed by atoms with van der Waals surface area (Å²) in [5, 5.41) is 10.9. The van der Waals surface area contributed by atoms with Gasteiger partial charge in [-0.1, -0.05) is 0 Å². The molecule has 9 heteroatoms. The number of nitro groups is 1. The lowest BCUT2D eigenvalue weighted by Crippen LogP contribution is -2.44. The number of non-ortho nitro benzene ring substituents is 1. The first-order valence-corrected chi connectivity index (χ1v) is 8.20. The standard InChI is InChI=1S/C16H21BrN2O6/c1-15(2,3)24-13(20)18(14(21)25-16(4,5)6)12-8-7-10(19(22)23)9-11(12)17/h7-9H,1-6H3. The van der Waals surface area contributed by atoms with Gasteiger partial charge in [0.25, 0.3) is 5.69 Å². The van der Waals surface area contributed by atoms with E-state index in [9.17, 15) is 19.7 Å². The number of ether oxygens (including phenoxy) is 2. The molecule has 0 bridgehead atoms. The van der Waals surface area contributed by atoms with E-state index >= 15 is 0 Å². The van der Waals surface area contributed by atoms with Crippen LogP contribution in [0.25, 0.3) is 0 Å². The Morgan fingerprint density at radius 1 is 1.04 bits per heavy atom. The number of nitro benzene ring substituents is 1. The van der Waals surface area contributed by atoms with Crippen LogP contribution in [0.5, 0.6) is 0 Å². The minimum Gasteiger partial charge on any atom is -0.443 e. The Labute approximate surface area is 154 Å². The van der Waals surface area contributed by atoms with Crippen molar-refractivity contribution in [3.05, 3.63) is 32.8 Å². The lowest BCUT2D eigenvalue weighted by molar-refractivity contribution is -0.384. The number of benzene rings is 1. The summed E-state index contributed by atoms with van der Waals surface area (Å²) >= 11 is 3.15. The summed E-state index contributed by atoms with van der Waals surface area (Å²) < 4.78 is 10.7. The third kappa shape index (κ3) is 6.33. The van der Waals surface area contributed by atoms with Crippen LogP contribution in [0.2, 0.25) is 0 Å². The van der Waals surface area contributed by atoms with Crippen LogP contribution in [-0.2, 0) is 9.47 Å². The Kier molecular flexibility index (Phi) is 6.17. The molecule has 1 aromatic carbocycles. The molecule has 0 radical (unpaired) electrons. The van der Waals surface area contributed by atoms with E-state index in [1.54, 1.807) is 41.5 Å². The number of hydrogen-bond acceptors (Lipinski definition) is 6. The monoisotopic (exact) mass is 416 g/mol. The summed E-state index contributed by atoms with van der Waals surface area (Å²) in [6.45, 7) is 9.93. The number of amides is 2. The van der Waals surface area contributed by atoms with E-state index in [-0.39, 0.29) is 15.8 Å². The molecular formula is C16H21BrN2O6. The first kappa shape index (κ1) is 20.9. The minimum atomic E-state index is -0.948. The van der Waals surface area contributed by atoms with E-state index < -0.39 is 28.3 Å². The second kappa shape index (κ2) is 7.38. The van der Waals surface area contributed by atoms with Crippen LogP contribution in [-0.4, -0.2) is 28.3 Å². The third-order valence-electron chi connectivity index (χ3n) is 2.54. The van der Waals surface area contributed by atoms with Crippen molar-refractivity contribution in [3.63, 3.8) is 0 Å². The molecule has 0 aliphatic rings. The van der Waals surface area contributed by atoms with Crippen LogP contribution in [0.3, 0.4) is 0 Å². The second-order valence-corrected chi connectivity index (χ2v) is 8.04. The van der Waals surface area contributed by atoms with Gasteiger partial charge < -0.3 is 9.47 Å². The SMILES string of the molecule is CC(C)(C)OC(=O)N(C(=O)OC(C)(C)C)c1ccc([N+](=O)[O-])cc1Br. The summed E-state index contributed by atoms with van der Waals surface area (Å²) in [7, 11) is 0. The van der Waals surface area contributed by atoms with Gasteiger partial charge in [0.05, 0.1) is 10.6 Å². The predicted octanol–water partition coefficient (Wildman–Crippen LogP) is 5.03. The van der Waals surface area contributed by atoms with Gasteiger partial charge >= 0.3 is 12.2 Å². The van der Waals surface area contributed by atoms with Crippen molar-refractivity contribution in [3.8, 4) is 0 Å². The van der Waals surface area contributed by atoms with Crippen LogP contribution in [0.1, 0.15) is 41.5 Å². The van der Waals surface area contributed by atoms with Crippen molar-refractivity contribution < 1.29 is 24.0 Å². The maximum Gasteiger partial charge on any atom is 0.424 e. The molecule has 0 heterocycles. The molecule has 2 amide bonds. The lowest BCUT2D eigenvalue weighted by Gasteiger charge is -2.29. The molecule has 0 saturated carbocycles. The highest BCUT2D eigenvalue weighted by Crippen LogP contribution is 2.32. The average molecular weight is 417 g/mol. The molecule has 0 fully saturated rings. The van der Waals surface area contributed by atoms with Gasteiger partial charge in [0.1, 0.15) is 11.2 Å². The Morgan fingerprint density at radius 3 is 1.80 bits per heavy atom. The van der Waals surface area contributed by atoms with Gasteiger partial charge in [-0.3, -0.25) is 10.1 Å². The zero-order chi connectivity index (χ0) is 19.6. The lowest BCUT2D eigenvalue weighted by atomic mass is 10.2. The third-order valence-corrected chi connectivity index (χ3v) is 3.17. The van der Waals surface area contributed by atoms with E-state index in [0.717, 1.165) is 0 Å². The molecule has 0 spiro atoms. The van der Waals surface area contributed by atoms with Crippen molar-refractivity contribution in [2.24, 2.45) is 0 Å². The van der Waals surface area contributed by atoms with Crippen molar-refractivity contribution in [2.45, 2.75) is 52.7 Å². The number of imide groups is 1. The van der Waals surface area contributed by atoms with Gasteiger partial charge in [0.2, 0.25) is 0 Å². The van der Waals surface area contributed by atoms with Crippen molar-refractivity contribution in [2.75, 3.05) is 4.90 Å². The maximum atomic E-state index is 12.5. The smallest absolute Gasteiger partial charge is 0.424 e. The van der Waals surface area contributed by atoms with Crippen molar-refractivity contribution in [1.29, 1.82) is 0 Å². The Balaban J connectivity index is 3.33. The van der Waals surface area contributed by atoms with E-state index in [0.29, 0.717) is 4.90 Å². The molecule has 1 rings (SSSR count). The highest BCUT2D eigenvalue weighted by atomic mass is 79.9. The summed E-state index contributed by atoms with van der Waals surface area (Å²) in [4.78, 5) is 36.0. The number of rotatable bonds is 2. The summed E-state index contributed by atoms with van der Waals surface area (Å²) in [5.74, 6) is 0. The van der Waals surface area contributed by atoms with E-state index in [1.165, 1.54) is 18.2 Å². The largest absolute Gasteiger partial charge is 0.443 e. The van der Waals surface area contributed by atoms with Gasteiger partial charge in [0, 0.05) is 16.6 Å². The highest BCUT2D eigenvalue weighted by molar-refractivity contribution is 9.10. The summed E-state index contributed by atoms with van der Waals surface area (Å²) in [6, 6.07) is 3.65. The summed E-state index contributed by atoms with van der Waals surface area (Å²) in [6.07, 6.45) is -1.90. The van der Waals surface area contributed by atoms with Crippen molar-refractivity contribution >= 4 is 39.5 Å². The Hall–Kier alpha value is -2.16. The van der Waals surface area contributed by atoms with Gasteiger partial charge in [-0.25, -0.2) is 9.59 Å². The zero-order valence-electron chi connectivity index (χ0n) is 15.0. The first-order valence-electron chi connectivity index (χ1n) is 7.41. The highest BCUT2D eigenvalue weighted by Gasteiger charge is 2.34. The second-order valence-electron chi connectivity index (χ2n) is 7.19. The molecule has 0 unspecified atom stereocenters. The fraction of sp³-hybridized carbons (Fsp3) is 0.500. The number of carbonyl (C=O) groups excluding carboxylic acids is 2. The molecule has 0 atom stereocenters. The topological polar surface area (TPSA) is 99.0 Å². The van der Waals surface area contributed by atoms with Gasteiger partial charge in [-0.05, 0) is 63.5 Å². The number of carbonyl (C=O) groups is 2. The summed E-state index contributed by atoms with van der Waals surface area (Å²) in [5.41, 5.74) is -1.80. The van der Waals surface area contributed by atoms with Crippen LogP contribution in [0.15, 0.2) is 22.7 Å². The molecule has 0 saturated heterocycles. The van der Waals surface area contributed by atoms with Crippen molar-refractivity contribution in [1.82, 2.24) is 0 Å². The molecule has 0 aliphatic carbocycles. The molecule has 0 aromatic heterocycles. The molecule has 8 nitrogen and oxygen atoms in total.